The first-order valence-corrected chi connectivity index (χ1v) is 9.26. The molecular weight excluding hydrogens is 346 g/mol. The van der Waals surface area contributed by atoms with Crippen molar-refractivity contribution in [2.24, 2.45) is 0 Å². The van der Waals surface area contributed by atoms with Crippen LogP contribution in [-0.4, -0.2) is 24.3 Å². The minimum atomic E-state index is -0.671. The molecule has 0 spiro atoms. The van der Waals surface area contributed by atoms with E-state index in [2.05, 4.69) is 12.2 Å². The van der Waals surface area contributed by atoms with E-state index in [0.717, 1.165) is 25.7 Å². The average molecular weight is 371 g/mol. The predicted molar refractivity (Wildman–Crippen MR) is 102 cm³/mol. The second-order valence-electron chi connectivity index (χ2n) is 6.19. The summed E-state index contributed by atoms with van der Waals surface area (Å²) >= 11 is 0. The molecule has 1 aliphatic heterocycles. The fraction of sp³-hybridized carbons (Fsp3) is 0.381. The lowest BCUT2D eigenvalue weighted by molar-refractivity contribution is -0.137. The van der Waals surface area contributed by atoms with Crippen molar-refractivity contribution in [3.63, 3.8) is 0 Å². The summed E-state index contributed by atoms with van der Waals surface area (Å²) in [5.41, 5.74) is 1.02. The molecule has 0 saturated heterocycles. The third kappa shape index (κ3) is 6.09. The number of ketones is 1. The van der Waals surface area contributed by atoms with Crippen molar-refractivity contribution in [1.29, 1.82) is 0 Å². The van der Waals surface area contributed by atoms with Crippen molar-refractivity contribution in [1.82, 2.24) is 0 Å². The molecule has 0 amide bonds. The number of ether oxygens (including phenoxy) is 2. The zero-order valence-corrected chi connectivity index (χ0v) is 15.7. The third-order valence-electron chi connectivity index (χ3n) is 4.08. The largest absolute Gasteiger partial charge is 0.462 e. The Hall–Kier alpha value is -2.89. The molecule has 144 valence electrons. The summed E-state index contributed by atoms with van der Waals surface area (Å²) in [7, 11) is 0. The van der Waals surface area contributed by atoms with E-state index in [1.165, 1.54) is 12.3 Å². The van der Waals surface area contributed by atoms with Gasteiger partial charge >= 0.3 is 11.9 Å². The summed E-state index contributed by atoms with van der Waals surface area (Å²) in [4.78, 5) is 35.8. The Morgan fingerprint density at radius 1 is 1.11 bits per heavy atom. The zero-order chi connectivity index (χ0) is 19.6. The van der Waals surface area contributed by atoms with E-state index in [0.29, 0.717) is 30.0 Å². The number of carbonyl (C=O) groups excluding carboxylic acids is 3. The number of hydrogen-bond acceptors (Lipinski definition) is 6. The van der Waals surface area contributed by atoms with Gasteiger partial charge in [-0.2, -0.15) is 0 Å². The number of nitrogens with one attached hydrogen (secondary N) is 1. The van der Waals surface area contributed by atoms with Gasteiger partial charge in [-0.05, 0) is 30.7 Å². The molecule has 1 heterocycles. The van der Waals surface area contributed by atoms with Crippen molar-refractivity contribution in [3.8, 4) is 0 Å². The van der Waals surface area contributed by atoms with Gasteiger partial charge in [0.15, 0.2) is 5.78 Å². The monoisotopic (exact) mass is 371 g/mol. The standard InChI is InChI=1S/C21H25NO5/c1-3-5-6-7-12-26-20(24)15-8-10-16(11-9-15)22-14-18-19(23)13-17(4-2)27-21(18)25/h8-11,13-14,22H,3-7,12H2,1-2H3. The van der Waals surface area contributed by atoms with E-state index in [1.807, 2.05) is 0 Å². The van der Waals surface area contributed by atoms with Crippen LogP contribution in [0.4, 0.5) is 5.69 Å². The Morgan fingerprint density at radius 3 is 2.48 bits per heavy atom. The molecule has 6 heteroatoms. The number of cyclic esters (lactones) is 1. The van der Waals surface area contributed by atoms with Crippen molar-refractivity contribution in [3.05, 3.63) is 53.4 Å². The highest BCUT2D eigenvalue weighted by Gasteiger charge is 2.25. The SMILES string of the molecule is CCCCCCOC(=O)c1ccc(NC=C2C(=O)C=C(CC)OC2=O)cc1. The van der Waals surface area contributed by atoms with Crippen molar-refractivity contribution in [2.45, 2.75) is 46.0 Å². The first-order chi connectivity index (χ1) is 13.0. The molecule has 0 bridgehead atoms. The lowest BCUT2D eigenvalue weighted by Gasteiger charge is -2.13. The maximum Gasteiger partial charge on any atom is 0.348 e. The lowest BCUT2D eigenvalue weighted by atomic mass is 10.1. The maximum atomic E-state index is 12.0. The van der Waals surface area contributed by atoms with E-state index in [-0.39, 0.29) is 17.3 Å². The quantitative estimate of drug-likeness (QED) is 0.304. The Kier molecular flexibility index (Phi) is 7.79. The average Bonchev–Trinajstić information content (AvgIpc) is 2.67. The summed E-state index contributed by atoms with van der Waals surface area (Å²) in [5, 5.41) is 2.88. The van der Waals surface area contributed by atoms with E-state index in [9.17, 15) is 14.4 Å². The molecule has 1 aliphatic rings. The normalized spacial score (nSPS) is 15.3. The van der Waals surface area contributed by atoms with E-state index in [1.54, 1.807) is 31.2 Å². The number of carbonyl (C=O) groups is 3. The number of unbranched alkanes of at least 4 members (excludes halogenated alkanes) is 3. The van der Waals surface area contributed by atoms with Crippen LogP contribution in [0.1, 0.15) is 56.3 Å². The number of esters is 2. The summed E-state index contributed by atoms with van der Waals surface area (Å²) in [6, 6.07) is 6.62. The highest BCUT2D eigenvalue weighted by atomic mass is 16.5. The van der Waals surface area contributed by atoms with E-state index in [4.69, 9.17) is 9.47 Å². The van der Waals surface area contributed by atoms with Gasteiger partial charge in [0, 0.05) is 24.4 Å². The smallest absolute Gasteiger partial charge is 0.348 e. The number of hydrogen-bond donors (Lipinski definition) is 1. The van der Waals surface area contributed by atoms with Crippen LogP contribution in [0.25, 0.3) is 0 Å². The van der Waals surface area contributed by atoms with Crippen LogP contribution < -0.4 is 5.32 Å². The molecule has 0 saturated carbocycles. The Labute approximate surface area is 159 Å². The summed E-state index contributed by atoms with van der Waals surface area (Å²) in [6.07, 6.45) is 7.30. The van der Waals surface area contributed by atoms with Gasteiger partial charge in [-0.15, -0.1) is 0 Å². The molecule has 1 N–H and O–H groups in total. The molecule has 0 aliphatic carbocycles. The number of allylic oxidation sites excluding steroid dienone is 2. The summed E-state index contributed by atoms with van der Waals surface area (Å²) < 4.78 is 10.3. The van der Waals surface area contributed by atoms with Gasteiger partial charge in [0.1, 0.15) is 11.3 Å². The van der Waals surface area contributed by atoms with Gasteiger partial charge < -0.3 is 14.8 Å². The molecular formula is C21H25NO5. The van der Waals surface area contributed by atoms with E-state index >= 15 is 0 Å². The summed E-state index contributed by atoms with van der Waals surface area (Å²) in [5.74, 6) is -1.06. The Bertz CT molecular complexity index is 746. The van der Waals surface area contributed by atoms with Gasteiger partial charge in [-0.3, -0.25) is 4.79 Å². The van der Waals surface area contributed by atoms with Gasteiger partial charge in [-0.1, -0.05) is 33.1 Å². The minimum absolute atomic E-state index is 0.0669. The van der Waals surface area contributed by atoms with Crippen LogP contribution >= 0.6 is 0 Å². The molecule has 0 aromatic heterocycles. The van der Waals surface area contributed by atoms with Crippen LogP contribution in [0.2, 0.25) is 0 Å². The second kappa shape index (κ2) is 10.3. The molecule has 0 unspecified atom stereocenters. The molecule has 0 atom stereocenters. The molecule has 27 heavy (non-hydrogen) atoms. The van der Waals surface area contributed by atoms with Crippen molar-refractivity contribution >= 4 is 23.4 Å². The van der Waals surface area contributed by atoms with Crippen LogP contribution in [0.3, 0.4) is 0 Å². The number of rotatable bonds is 9. The van der Waals surface area contributed by atoms with Crippen LogP contribution in [-0.2, 0) is 19.1 Å². The first-order valence-electron chi connectivity index (χ1n) is 9.26. The number of benzene rings is 1. The molecule has 0 fully saturated rings. The number of anilines is 1. The Balaban J connectivity index is 1.90. The van der Waals surface area contributed by atoms with Crippen LogP contribution in [0.15, 0.2) is 47.9 Å². The van der Waals surface area contributed by atoms with Gasteiger partial charge in [-0.25, -0.2) is 9.59 Å². The summed E-state index contributed by atoms with van der Waals surface area (Å²) in [6.45, 7) is 4.35. The minimum Gasteiger partial charge on any atom is -0.462 e. The fourth-order valence-electron chi connectivity index (χ4n) is 2.47. The van der Waals surface area contributed by atoms with Gasteiger partial charge in [0.2, 0.25) is 0 Å². The van der Waals surface area contributed by atoms with Crippen molar-refractivity contribution < 1.29 is 23.9 Å². The van der Waals surface area contributed by atoms with Crippen molar-refractivity contribution in [2.75, 3.05) is 11.9 Å². The molecule has 1 aromatic rings. The van der Waals surface area contributed by atoms with Crippen LogP contribution in [0.5, 0.6) is 0 Å². The van der Waals surface area contributed by atoms with E-state index < -0.39 is 5.97 Å². The molecule has 2 rings (SSSR count). The van der Waals surface area contributed by atoms with Gasteiger partial charge in [0.05, 0.1) is 12.2 Å². The van der Waals surface area contributed by atoms with Gasteiger partial charge in [0.25, 0.3) is 0 Å². The second-order valence-corrected chi connectivity index (χ2v) is 6.19. The molecule has 0 radical (unpaired) electrons. The molecule has 1 aromatic carbocycles. The Morgan fingerprint density at radius 2 is 1.85 bits per heavy atom. The highest BCUT2D eigenvalue weighted by molar-refractivity contribution is 6.23. The van der Waals surface area contributed by atoms with Crippen LogP contribution in [0, 0.1) is 0 Å². The highest BCUT2D eigenvalue weighted by Crippen LogP contribution is 2.17. The lowest BCUT2D eigenvalue weighted by Crippen LogP contribution is -2.21. The topological polar surface area (TPSA) is 81.7 Å². The zero-order valence-electron chi connectivity index (χ0n) is 15.7. The predicted octanol–water partition coefficient (Wildman–Crippen LogP) is 4.14. The fourth-order valence-corrected chi connectivity index (χ4v) is 2.47. The first kappa shape index (κ1) is 20.4. The maximum absolute atomic E-state index is 12.0. The molecule has 6 nitrogen and oxygen atoms in total. The third-order valence-corrected chi connectivity index (χ3v) is 4.08.